The zero-order valence-electron chi connectivity index (χ0n) is 15.7. The van der Waals surface area contributed by atoms with Crippen LogP contribution in [0, 0.1) is 15.9 Å². The quantitative estimate of drug-likeness (QED) is 0.228. The van der Waals surface area contributed by atoms with Crippen LogP contribution in [-0.2, 0) is 10.0 Å². The summed E-state index contributed by atoms with van der Waals surface area (Å²) >= 11 is 3.18. The molecule has 0 aliphatic heterocycles. The fourth-order valence-electron chi connectivity index (χ4n) is 2.59. The van der Waals surface area contributed by atoms with E-state index in [0.29, 0.717) is 6.42 Å². The molecule has 0 unspecified atom stereocenters. The number of pyridine rings is 1. The minimum atomic E-state index is -4.13. The maximum atomic E-state index is 13.8. The zero-order chi connectivity index (χ0) is 21.6. The number of allylic oxidation sites excluding steroid dienone is 3. The van der Waals surface area contributed by atoms with Crippen molar-refractivity contribution < 1.29 is 17.7 Å². The summed E-state index contributed by atoms with van der Waals surface area (Å²) in [5.74, 6) is -0.688. The highest BCUT2D eigenvalue weighted by Gasteiger charge is 2.28. The Kier molecular flexibility index (Phi) is 7.63. The van der Waals surface area contributed by atoms with E-state index < -0.39 is 20.8 Å². The van der Waals surface area contributed by atoms with E-state index in [1.807, 2.05) is 32.1 Å². The molecular formula is C19H19BrFN3O4S. The summed E-state index contributed by atoms with van der Waals surface area (Å²) in [4.78, 5) is 13.9. The van der Waals surface area contributed by atoms with Crippen LogP contribution in [0.4, 0.5) is 15.8 Å². The SMILES string of the molecule is C/C=C\C(=C/C)CCN(c1cc(F)cnc1Br)S(=O)(=O)c1ccc([N+](=O)[O-])cc1. The van der Waals surface area contributed by atoms with E-state index in [-0.39, 0.29) is 27.4 Å². The van der Waals surface area contributed by atoms with Gasteiger partial charge in [-0.25, -0.2) is 17.8 Å². The summed E-state index contributed by atoms with van der Waals surface area (Å²) in [6, 6.07) is 5.61. The fraction of sp³-hybridized carbons (Fsp3) is 0.211. The smallest absolute Gasteiger partial charge is 0.263 e. The third-order valence-corrected chi connectivity index (χ3v) is 6.48. The predicted molar refractivity (Wildman–Crippen MR) is 113 cm³/mol. The van der Waals surface area contributed by atoms with Crippen LogP contribution in [0.2, 0.25) is 0 Å². The van der Waals surface area contributed by atoms with E-state index in [1.54, 1.807) is 0 Å². The Hall–Kier alpha value is -2.59. The van der Waals surface area contributed by atoms with E-state index >= 15 is 0 Å². The van der Waals surface area contributed by atoms with Crippen LogP contribution in [-0.4, -0.2) is 24.9 Å². The number of nitro benzene ring substituents is 1. The molecule has 0 bridgehead atoms. The number of rotatable bonds is 8. The monoisotopic (exact) mass is 483 g/mol. The number of halogens is 2. The van der Waals surface area contributed by atoms with Gasteiger partial charge in [0.1, 0.15) is 10.4 Å². The summed E-state index contributed by atoms with van der Waals surface area (Å²) in [7, 11) is -4.13. The Morgan fingerprint density at radius 3 is 2.52 bits per heavy atom. The lowest BCUT2D eigenvalue weighted by atomic mass is 10.1. The molecule has 0 aliphatic carbocycles. The molecule has 0 saturated heterocycles. The topological polar surface area (TPSA) is 93.4 Å². The summed E-state index contributed by atoms with van der Waals surface area (Å²) in [6.45, 7) is 3.71. The van der Waals surface area contributed by atoms with Crippen molar-refractivity contribution in [2.45, 2.75) is 25.2 Å². The van der Waals surface area contributed by atoms with Crippen LogP contribution >= 0.6 is 15.9 Å². The maximum absolute atomic E-state index is 13.8. The minimum Gasteiger partial charge on any atom is -0.263 e. The lowest BCUT2D eigenvalue weighted by Crippen LogP contribution is -2.32. The largest absolute Gasteiger partial charge is 0.269 e. The Bertz CT molecular complexity index is 1050. The number of sulfonamides is 1. The lowest BCUT2D eigenvalue weighted by molar-refractivity contribution is -0.384. The number of aromatic nitrogens is 1. The molecule has 0 atom stereocenters. The van der Waals surface area contributed by atoms with Crippen molar-refractivity contribution in [3.8, 4) is 0 Å². The second-order valence-electron chi connectivity index (χ2n) is 5.91. The van der Waals surface area contributed by atoms with Gasteiger partial charge in [0.15, 0.2) is 0 Å². The van der Waals surface area contributed by atoms with Crippen molar-refractivity contribution in [1.29, 1.82) is 0 Å². The number of nitro groups is 1. The molecule has 0 radical (unpaired) electrons. The van der Waals surface area contributed by atoms with E-state index in [1.165, 1.54) is 0 Å². The number of anilines is 1. The Morgan fingerprint density at radius 2 is 1.97 bits per heavy atom. The maximum Gasteiger partial charge on any atom is 0.269 e. The molecular weight excluding hydrogens is 465 g/mol. The second-order valence-corrected chi connectivity index (χ2v) is 8.52. The van der Waals surface area contributed by atoms with Crippen LogP contribution in [0.15, 0.2) is 69.8 Å². The first kappa shape index (κ1) is 22.7. The highest BCUT2D eigenvalue weighted by molar-refractivity contribution is 9.10. The van der Waals surface area contributed by atoms with Crippen molar-refractivity contribution in [3.63, 3.8) is 0 Å². The number of benzene rings is 1. The third kappa shape index (κ3) is 5.48. The molecule has 7 nitrogen and oxygen atoms in total. The average Bonchev–Trinajstić information content (AvgIpc) is 2.69. The summed E-state index contributed by atoms with van der Waals surface area (Å²) in [5.41, 5.74) is 0.713. The van der Waals surface area contributed by atoms with Crippen molar-refractivity contribution >= 4 is 37.3 Å². The first-order valence-corrected chi connectivity index (χ1v) is 10.8. The molecule has 2 aromatic rings. The molecule has 0 N–H and O–H groups in total. The zero-order valence-corrected chi connectivity index (χ0v) is 18.2. The van der Waals surface area contributed by atoms with Gasteiger partial charge < -0.3 is 0 Å². The van der Waals surface area contributed by atoms with Crippen LogP contribution in [0.3, 0.4) is 0 Å². The van der Waals surface area contributed by atoms with Gasteiger partial charge >= 0.3 is 0 Å². The molecule has 1 heterocycles. The van der Waals surface area contributed by atoms with Gasteiger partial charge in [-0.05, 0) is 48.3 Å². The molecule has 154 valence electrons. The van der Waals surface area contributed by atoms with E-state index in [2.05, 4.69) is 20.9 Å². The van der Waals surface area contributed by atoms with Gasteiger partial charge in [0.2, 0.25) is 0 Å². The molecule has 0 saturated carbocycles. The van der Waals surface area contributed by atoms with Gasteiger partial charge in [-0.15, -0.1) is 0 Å². The number of hydrogen-bond acceptors (Lipinski definition) is 5. The normalized spacial score (nSPS) is 12.3. The summed E-state index contributed by atoms with van der Waals surface area (Å²) < 4.78 is 41.6. The van der Waals surface area contributed by atoms with E-state index in [9.17, 15) is 22.9 Å². The van der Waals surface area contributed by atoms with Gasteiger partial charge in [-0.3, -0.25) is 14.4 Å². The van der Waals surface area contributed by atoms with Gasteiger partial charge in [0.25, 0.3) is 15.7 Å². The van der Waals surface area contributed by atoms with Gasteiger partial charge in [0.05, 0.1) is 21.7 Å². The van der Waals surface area contributed by atoms with E-state index in [4.69, 9.17) is 0 Å². The van der Waals surface area contributed by atoms with Gasteiger partial charge in [0, 0.05) is 24.7 Å². The van der Waals surface area contributed by atoms with E-state index in [0.717, 1.165) is 46.4 Å². The fourth-order valence-corrected chi connectivity index (χ4v) is 4.61. The number of hydrogen-bond donors (Lipinski definition) is 0. The summed E-state index contributed by atoms with van der Waals surface area (Å²) in [5, 5.41) is 10.8. The minimum absolute atomic E-state index is 0.0209. The highest BCUT2D eigenvalue weighted by Crippen LogP contribution is 2.31. The predicted octanol–water partition coefficient (Wildman–Crippen LogP) is 5.00. The first-order chi connectivity index (χ1) is 13.7. The molecule has 0 aliphatic rings. The Balaban J connectivity index is 2.52. The Morgan fingerprint density at radius 1 is 1.31 bits per heavy atom. The lowest BCUT2D eigenvalue weighted by Gasteiger charge is -2.25. The molecule has 29 heavy (non-hydrogen) atoms. The number of nitrogens with zero attached hydrogens (tertiary/aromatic N) is 3. The van der Waals surface area contributed by atoms with Gasteiger partial charge in [-0.1, -0.05) is 23.8 Å². The van der Waals surface area contributed by atoms with Crippen molar-refractivity contribution in [2.24, 2.45) is 0 Å². The van der Waals surface area contributed by atoms with Crippen molar-refractivity contribution in [3.05, 3.63) is 80.9 Å². The number of non-ortho nitro benzene ring substituents is 1. The van der Waals surface area contributed by atoms with Crippen LogP contribution in [0.25, 0.3) is 0 Å². The summed E-state index contributed by atoms with van der Waals surface area (Å²) in [6.07, 6.45) is 6.90. The second kappa shape index (κ2) is 9.75. The van der Waals surface area contributed by atoms with Crippen LogP contribution in [0.1, 0.15) is 20.3 Å². The van der Waals surface area contributed by atoms with Gasteiger partial charge in [-0.2, -0.15) is 0 Å². The molecule has 0 spiro atoms. The molecule has 0 fully saturated rings. The highest BCUT2D eigenvalue weighted by atomic mass is 79.9. The van der Waals surface area contributed by atoms with Crippen LogP contribution < -0.4 is 4.31 Å². The standard InChI is InChI=1S/C19H19BrFN3O4S/c1-3-5-14(4-2)10-11-23(18-12-15(21)13-22-19(18)20)29(27,28)17-8-6-16(7-9-17)24(25)26/h3-9,12-13H,10-11H2,1-2H3/b5-3-,14-4+. The third-order valence-electron chi connectivity index (χ3n) is 4.05. The van der Waals surface area contributed by atoms with Crippen LogP contribution in [0.5, 0.6) is 0 Å². The van der Waals surface area contributed by atoms with Crippen molar-refractivity contribution in [1.82, 2.24) is 4.98 Å². The molecule has 2 rings (SSSR count). The molecule has 1 aromatic heterocycles. The molecule has 0 amide bonds. The van der Waals surface area contributed by atoms with Crippen molar-refractivity contribution in [2.75, 3.05) is 10.8 Å². The molecule has 1 aromatic carbocycles. The average molecular weight is 484 g/mol. The first-order valence-electron chi connectivity index (χ1n) is 8.56. The Labute approximate surface area is 176 Å². The molecule has 10 heteroatoms.